The minimum Gasteiger partial charge on any atom is -0.484 e. The molecule has 4 nitrogen and oxygen atoms in total. The average Bonchev–Trinajstić information content (AvgIpc) is 2.84. The molecule has 1 aromatic heterocycles. The van der Waals surface area contributed by atoms with E-state index in [1.165, 1.54) is 4.88 Å². The Morgan fingerprint density at radius 2 is 2.00 bits per heavy atom. The monoisotopic (exact) mass is 288 g/mol. The molecule has 0 atom stereocenters. The number of hydrogen-bond donors (Lipinski definition) is 1. The smallest absolute Gasteiger partial charge is 0.277 e. The van der Waals surface area contributed by atoms with Gasteiger partial charge in [-0.1, -0.05) is 17.7 Å². The van der Waals surface area contributed by atoms with Crippen molar-refractivity contribution in [2.75, 3.05) is 6.61 Å². The van der Waals surface area contributed by atoms with Crippen molar-refractivity contribution in [2.45, 2.75) is 13.8 Å². The number of hydrogen-bond acceptors (Lipinski definition) is 4. The highest BCUT2D eigenvalue weighted by Gasteiger charge is 2.01. The van der Waals surface area contributed by atoms with E-state index in [4.69, 9.17) is 4.74 Å². The van der Waals surface area contributed by atoms with Gasteiger partial charge in [0.15, 0.2) is 6.61 Å². The first kappa shape index (κ1) is 14.3. The van der Waals surface area contributed by atoms with Crippen LogP contribution in [-0.4, -0.2) is 18.7 Å². The number of carbonyl (C=O) groups is 1. The highest BCUT2D eigenvalue weighted by Crippen LogP contribution is 2.12. The van der Waals surface area contributed by atoms with E-state index < -0.39 is 0 Å². The first-order valence-electron chi connectivity index (χ1n) is 6.21. The van der Waals surface area contributed by atoms with Crippen LogP contribution in [0.4, 0.5) is 0 Å². The third kappa shape index (κ3) is 4.51. The van der Waals surface area contributed by atoms with Gasteiger partial charge < -0.3 is 4.74 Å². The number of carbonyl (C=O) groups excluding carboxylic acids is 1. The number of thiophene rings is 1. The Kier molecular flexibility index (Phi) is 4.90. The van der Waals surface area contributed by atoms with Crippen molar-refractivity contribution in [1.82, 2.24) is 5.43 Å². The van der Waals surface area contributed by atoms with E-state index in [1.807, 2.05) is 50.2 Å². The fourth-order valence-electron chi connectivity index (χ4n) is 1.51. The van der Waals surface area contributed by atoms with E-state index in [-0.39, 0.29) is 12.5 Å². The molecule has 1 N–H and O–H groups in total. The van der Waals surface area contributed by atoms with Crippen molar-refractivity contribution >= 4 is 23.5 Å². The zero-order valence-electron chi connectivity index (χ0n) is 11.4. The van der Waals surface area contributed by atoms with Gasteiger partial charge in [-0.15, -0.1) is 11.3 Å². The van der Waals surface area contributed by atoms with Crippen molar-refractivity contribution in [3.8, 4) is 5.75 Å². The molecule has 0 bridgehead atoms. The number of aryl methyl sites for hydroxylation is 2. The van der Waals surface area contributed by atoms with Gasteiger partial charge in [0.1, 0.15) is 5.75 Å². The van der Waals surface area contributed by atoms with E-state index in [0.29, 0.717) is 5.75 Å². The van der Waals surface area contributed by atoms with Gasteiger partial charge in [0.2, 0.25) is 0 Å². The highest BCUT2D eigenvalue weighted by molar-refractivity contribution is 7.13. The van der Waals surface area contributed by atoms with Crippen LogP contribution in [0, 0.1) is 13.8 Å². The third-order valence-corrected chi connectivity index (χ3v) is 3.47. The predicted molar refractivity (Wildman–Crippen MR) is 81.5 cm³/mol. The van der Waals surface area contributed by atoms with E-state index in [1.54, 1.807) is 17.6 Å². The second-order valence-electron chi connectivity index (χ2n) is 4.34. The molecule has 0 aliphatic rings. The maximum atomic E-state index is 11.5. The Morgan fingerprint density at radius 1 is 1.25 bits per heavy atom. The lowest BCUT2D eigenvalue weighted by molar-refractivity contribution is -0.123. The second-order valence-corrected chi connectivity index (χ2v) is 5.66. The lowest BCUT2D eigenvalue weighted by atomic mass is 10.2. The molecule has 0 radical (unpaired) electrons. The molecule has 0 spiro atoms. The molecule has 5 heteroatoms. The van der Waals surface area contributed by atoms with Crippen LogP contribution in [0.1, 0.15) is 15.3 Å². The van der Waals surface area contributed by atoms with Crippen molar-refractivity contribution in [1.29, 1.82) is 0 Å². The molecule has 20 heavy (non-hydrogen) atoms. The summed E-state index contributed by atoms with van der Waals surface area (Å²) in [6.07, 6.45) is 1.63. The maximum Gasteiger partial charge on any atom is 0.277 e. The highest BCUT2D eigenvalue weighted by atomic mass is 32.1. The van der Waals surface area contributed by atoms with Gasteiger partial charge in [-0.05, 0) is 38.1 Å². The molecule has 2 aromatic rings. The number of ether oxygens (including phenoxy) is 1. The van der Waals surface area contributed by atoms with Crippen molar-refractivity contribution in [2.24, 2.45) is 5.10 Å². The molecular weight excluding hydrogens is 272 g/mol. The zero-order valence-corrected chi connectivity index (χ0v) is 12.2. The van der Waals surface area contributed by atoms with Crippen LogP contribution in [0.25, 0.3) is 0 Å². The number of benzene rings is 1. The third-order valence-electron chi connectivity index (χ3n) is 2.53. The summed E-state index contributed by atoms with van der Waals surface area (Å²) in [6, 6.07) is 11.5. The van der Waals surface area contributed by atoms with Crippen LogP contribution in [-0.2, 0) is 4.79 Å². The molecule has 1 amide bonds. The summed E-state index contributed by atoms with van der Waals surface area (Å²) < 4.78 is 5.35. The van der Waals surface area contributed by atoms with Gasteiger partial charge >= 0.3 is 0 Å². The Balaban J connectivity index is 1.75. The number of nitrogens with one attached hydrogen (secondary N) is 1. The van der Waals surface area contributed by atoms with Gasteiger partial charge in [-0.2, -0.15) is 5.10 Å². The summed E-state index contributed by atoms with van der Waals surface area (Å²) in [5.74, 6) is 0.388. The molecule has 0 aliphatic heterocycles. The molecule has 0 aliphatic carbocycles. The Hall–Kier alpha value is -2.14. The van der Waals surface area contributed by atoms with Crippen LogP contribution >= 0.6 is 11.3 Å². The van der Waals surface area contributed by atoms with Crippen LogP contribution < -0.4 is 10.2 Å². The van der Waals surface area contributed by atoms with Gasteiger partial charge in [-0.25, -0.2) is 5.43 Å². The fourth-order valence-corrected chi connectivity index (χ4v) is 2.26. The van der Waals surface area contributed by atoms with Gasteiger partial charge in [-0.3, -0.25) is 4.79 Å². The average molecular weight is 288 g/mol. The second kappa shape index (κ2) is 6.86. The summed E-state index contributed by atoms with van der Waals surface area (Å²) in [6.45, 7) is 3.97. The molecule has 0 fully saturated rings. The van der Waals surface area contributed by atoms with Crippen LogP contribution in [0.3, 0.4) is 0 Å². The van der Waals surface area contributed by atoms with Crippen LogP contribution in [0.15, 0.2) is 41.5 Å². The molecule has 0 unspecified atom stereocenters. The number of nitrogens with zero attached hydrogens (tertiary/aromatic N) is 1. The lowest BCUT2D eigenvalue weighted by Gasteiger charge is -2.04. The Labute approximate surface area is 122 Å². The molecular formula is C15H16N2O2S. The minimum absolute atomic E-state index is 0.0517. The van der Waals surface area contributed by atoms with Gasteiger partial charge in [0.25, 0.3) is 5.91 Å². The molecule has 104 valence electrons. The van der Waals surface area contributed by atoms with Gasteiger partial charge in [0, 0.05) is 9.75 Å². The molecule has 0 saturated carbocycles. The Bertz CT molecular complexity index is 603. The van der Waals surface area contributed by atoms with Crippen LogP contribution in [0.2, 0.25) is 0 Å². The van der Waals surface area contributed by atoms with E-state index in [9.17, 15) is 4.79 Å². The lowest BCUT2D eigenvalue weighted by Crippen LogP contribution is -2.24. The number of hydrazone groups is 1. The summed E-state index contributed by atoms with van der Waals surface area (Å²) in [5.41, 5.74) is 3.58. The van der Waals surface area contributed by atoms with E-state index in [2.05, 4.69) is 10.5 Å². The molecule has 2 rings (SSSR count). The number of amides is 1. The molecule has 1 heterocycles. The van der Waals surface area contributed by atoms with E-state index in [0.717, 1.165) is 10.4 Å². The fraction of sp³-hybridized carbons (Fsp3) is 0.200. The van der Waals surface area contributed by atoms with Crippen molar-refractivity contribution in [3.63, 3.8) is 0 Å². The van der Waals surface area contributed by atoms with Crippen LogP contribution in [0.5, 0.6) is 5.75 Å². The van der Waals surface area contributed by atoms with E-state index >= 15 is 0 Å². The summed E-state index contributed by atoms with van der Waals surface area (Å²) in [7, 11) is 0. The van der Waals surface area contributed by atoms with Crippen molar-refractivity contribution in [3.05, 3.63) is 51.7 Å². The largest absolute Gasteiger partial charge is 0.484 e. The molecule has 1 aromatic carbocycles. The normalized spacial score (nSPS) is 10.7. The topological polar surface area (TPSA) is 50.7 Å². The maximum absolute atomic E-state index is 11.5. The SMILES string of the molecule is Cc1ccc(OCC(=O)NN=Cc2ccc(C)s2)cc1. The standard InChI is InChI=1S/C15H16N2O2S/c1-11-3-6-13(7-4-11)19-10-15(18)17-16-9-14-8-5-12(2)20-14/h3-9H,10H2,1-2H3,(H,17,18). The van der Waals surface area contributed by atoms with Crippen molar-refractivity contribution < 1.29 is 9.53 Å². The quantitative estimate of drug-likeness (QED) is 0.679. The Morgan fingerprint density at radius 3 is 2.65 bits per heavy atom. The summed E-state index contributed by atoms with van der Waals surface area (Å²) in [4.78, 5) is 13.7. The minimum atomic E-state index is -0.282. The summed E-state index contributed by atoms with van der Waals surface area (Å²) >= 11 is 1.62. The first-order valence-corrected chi connectivity index (χ1v) is 7.03. The molecule has 0 saturated heterocycles. The van der Waals surface area contributed by atoms with Gasteiger partial charge in [0.05, 0.1) is 6.21 Å². The number of rotatable bonds is 5. The summed E-state index contributed by atoms with van der Waals surface area (Å²) in [5, 5.41) is 3.89. The predicted octanol–water partition coefficient (Wildman–Crippen LogP) is 2.89. The zero-order chi connectivity index (χ0) is 14.4. The first-order chi connectivity index (χ1) is 9.63.